The van der Waals surface area contributed by atoms with Crippen LogP contribution in [0.15, 0.2) is 24.3 Å². The minimum Gasteiger partial charge on any atom is -0.462 e. The van der Waals surface area contributed by atoms with Crippen molar-refractivity contribution in [3.63, 3.8) is 0 Å². The van der Waals surface area contributed by atoms with Crippen molar-refractivity contribution in [2.24, 2.45) is 0 Å². The molecule has 4 heteroatoms. The number of carbonyl (C=O) groups is 2. The third kappa shape index (κ3) is 14.3. The number of benzene rings is 1. The van der Waals surface area contributed by atoms with Crippen LogP contribution < -0.4 is 0 Å². The quantitative estimate of drug-likeness (QED) is 0.149. The predicted octanol–water partition coefficient (Wildman–Crippen LogP) is 8.28. The highest BCUT2D eigenvalue weighted by Crippen LogP contribution is 2.14. The van der Waals surface area contributed by atoms with E-state index in [-0.39, 0.29) is 5.97 Å². The Labute approximate surface area is 196 Å². The van der Waals surface area contributed by atoms with Crippen molar-refractivity contribution in [1.29, 1.82) is 0 Å². The Hall–Kier alpha value is -1.84. The molecule has 0 radical (unpaired) electrons. The van der Waals surface area contributed by atoms with Gasteiger partial charge in [0, 0.05) is 0 Å². The number of esters is 2. The van der Waals surface area contributed by atoms with Gasteiger partial charge in [0.15, 0.2) is 0 Å². The summed E-state index contributed by atoms with van der Waals surface area (Å²) >= 11 is 0. The monoisotopic (exact) mass is 446 g/mol. The maximum atomic E-state index is 12.2. The normalized spacial score (nSPS) is 10.8. The zero-order valence-electron chi connectivity index (χ0n) is 20.7. The molecular weight excluding hydrogens is 400 g/mol. The standard InChI is InChI=1S/C28H46O4/c1-3-5-6-7-8-9-10-11-12-13-14-15-16-17-18-23-32-28(30)26-21-19-20-25(24-26)27(29)31-22-4-2/h19-21,24H,3-18,22-23H2,1-2H3. The van der Waals surface area contributed by atoms with Gasteiger partial charge in [0.05, 0.1) is 24.3 Å². The second-order valence-electron chi connectivity index (χ2n) is 8.80. The van der Waals surface area contributed by atoms with Crippen molar-refractivity contribution in [1.82, 2.24) is 0 Å². The van der Waals surface area contributed by atoms with Crippen molar-refractivity contribution in [3.05, 3.63) is 35.4 Å². The first kappa shape index (κ1) is 28.2. The molecule has 0 atom stereocenters. The molecule has 32 heavy (non-hydrogen) atoms. The van der Waals surface area contributed by atoms with Gasteiger partial charge in [-0.3, -0.25) is 0 Å². The molecular formula is C28H46O4. The molecule has 182 valence electrons. The second kappa shape index (κ2) is 19.8. The first-order valence-electron chi connectivity index (χ1n) is 13.1. The summed E-state index contributed by atoms with van der Waals surface area (Å²) in [5.41, 5.74) is 0.789. The van der Waals surface area contributed by atoms with Gasteiger partial charge in [0.1, 0.15) is 0 Å². The van der Waals surface area contributed by atoms with Crippen LogP contribution in [0.1, 0.15) is 137 Å². The largest absolute Gasteiger partial charge is 0.462 e. The van der Waals surface area contributed by atoms with Crippen LogP contribution in [0.5, 0.6) is 0 Å². The molecule has 0 aromatic heterocycles. The van der Waals surface area contributed by atoms with Gasteiger partial charge < -0.3 is 9.47 Å². The van der Waals surface area contributed by atoms with Crippen molar-refractivity contribution < 1.29 is 19.1 Å². The highest BCUT2D eigenvalue weighted by atomic mass is 16.5. The zero-order valence-corrected chi connectivity index (χ0v) is 20.7. The fraction of sp³-hybridized carbons (Fsp3) is 0.714. The molecule has 0 spiro atoms. The highest BCUT2D eigenvalue weighted by Gasteiger charge is 2.12. The molecule has 0 aliphatic heterocycles. The summed E-state index contributed by atoms with van der Waals surface area (Å²) in [5, 5.41) is 0. The number of rotatable bonds is 20. The molecule has 1 aromatic carbocycles. The number of ether oxygens (including phenoxy) is 2. The molecule has 0 fully saturated rings. The Morgan fingerprint density at radius 3 is 1.41 bits per heavy atom. The maximum Gasteiger partial charge on any atom is 0.338 e. The summed E-state index contributed by atoms with van der Waals surface area (Å²) < 4.78 is 10.5. The van der Waals surface area contributed by atoms with Crippen LogP contribution in [0.4, 0.5) is 0 Å². The summed E-state index contributed by atoms with van der Waals surface area (Å²) in [6, 6.07) is 6.56. The minimum absolute atomic E-state index is 0.375. The van der Waals surface area contributed by atoms with E-state index in [1.807, 2.05) is 6.92 Å². The van der Waals surface area contributed by atoms with E-state index >= 15 is 0 Å². The fourth-order valence-corrected chi connectivity index (χ4v) is 3.77. The molecule has 0 heterocycles. The minimum atomic E-state index is -0.399. The Morgan fingerprint density at radius 1 is 0.562 bits per heavy atom. The third-order valence-electron chi connectivity index (χ3n) is 5.75. The third-order valence-corrected chi connectivity index (χ3v) is 5.75. The van der Waals surface area contributed by atoms with Crippen LogP contribution in [0, 0.1) is 0 Å². The molecule has 0 unspecified atom stereocenters. The smallest absolute Gasteiger partial charge is 0.338 e. The lowest BCUT2D eigenvalue weighted by Gasteiger charge is -2.07. The number of unbranched alkanes of at least 4 members (excludes halogenated alkanes) is 14. The van der Waals surface area contributed by atoms with E-state index in [0.29, 0.717) is 24.3 Å². The average molecular weight is 447 g/mol. The van der Waals surface area contributed by atoms with Crippen molar-refractivity contribution in [2.45, 2.75) is 117 Å². The van der Waals surface area contributed by atoms with Gasteiger partial charge in [0.25, 0.3) is 0 Å². The fourth-order valence-electron chi connectivity index (χ4n) is 3.77. The number of hydrogen-bond donors (Lipinski definition) is 0. The first-order valence-corrected chi connectivity index (χ1v) is 13.1. The van der Waals surface area contributed by atoms with Crippen LogP contribution in [0.25, 0.3) is 0 Å². The zero-order chi connectivity index (χ0) is 23.3. The van der Waals surface area contributed by atoms with E-state index in [9.17, 15) is 9.59 Å². The Balaban J connectivity index is 1.98. The van der Waals surface area contributed by atoms with Gasteiger partial charge in [-0.2, -0.15) is 0 Å². The van der Waals surface area contributed by atoms with E-state index in [2.05, 4.69) is 6.92 Å². The van der Waals surface area contributed by atoms with E-state index < -0.39 is 5.97 Å². The second-order valence-corrected chi connectivity index (χ2v) is 8.80. The Bertz CT molecular complexity index is 611. The van der Waals surface area contributed by atoms with Crippen LogP contribution in [-0.2, 0) is 9.47 Å². The van der Waals surface area contributed by atoms with Crippen LogP contribution in [0.3, 0.4) is 0 Å². The number of carbonyl (C=O) groups excluding carboxylic acids is 2. The first-order chi connectivity index (χ1) is 15.7. The Morgan fingerprint density at radius 2 is 0.969 bits per heavy atom. The molecule has 4 nitrogen and oxygen atoms in total. The highest BCUT2D eigenvalue weighted by molar-refractivity contribution is 5.95. The van der Waals surface area contributed by atoms with Crippen LogP contribution in [-0.4, -0.2) is 25.2 Å². The summed E-state index contributed by atoms with van der Waals surface area (Å²) in [5.74, 6) is -0.774. The van der Waals surface area contributed by atoms with E-state index in [0.717, 1.165) is 19.3 Å². The molecule has 0 aliphatic rings. The number of hydrogen-bond acceptors (Lipinski definition) is 4. The van der Waals surface area contributed by atoms with Gasteiger partial charge in [-0.05, 0) is 31.0 Å². The maximum absolute atomic E-state index is 12.2. The molecule has 0 N–H and O–H groups in total. The lowest BCUT2D eigenvalue weighted by molar-refractivity contribution is 0.0497. The van der Waals surface area contributed by atoms with Gasteiger partial charge in [-0.1, -0.05) is 110 Å². The lowest BCUT2D eigenvalue weighted by Crippen LogP contribution is -2.10. The SMILES string of the molecule is CCCCCCCCCCCCCCCCCOC(=O)c1cccc(C(=O)OCCC)c1. The molecule has 1 aromatic rings. The molecule has 0 saturated carbocycles. The van der Waals surface area contributed by atoms with Crippen LogP contribution in [0.2, 0.25) is 0 Å². The molecule has 0 aliphatic carbocycles. The molecule has 0 saturated heterocycles. The van der Waals surface area contributed by atoms with E-state index in [4.69, 9.17) is 9.47 Å². The van der Waals surface area contributed by atoms with Crippen molar-refractivity contribution in [2.75, 3.05) is 13.2 Å². The van der Waals surface area contributed by atoms with Crippen molar-refractivity contribution >= 4 is 11.9 Å². The predicted molar refractivity (Wildman–Crippen MR) is 132 cm³/mol. The van der Waals surface area contributed by atoms with Gasteiger partial charge >= 0.3 is 11.9 Å². The van der Waals surface area contributed by atoms with E-state index in [1.165, 1.54) is 83.5 Å². The topological polar surface area (TPSA) is 52.6 Å². The molecule has 0 amide bonds. The van der Waals surface area contributed by atoms with Crippen molar-refractivity contribution in [3.8, 4) is 0 Å². The summed E-state index contributed by atoms with van der Waals surface area (Å²) in [7, 11) is 0. The summed E-state index contributed by atoms with van der Waals surface area (Å²) in [4.78, 5) is 24.1. The lowest BCUT2D eigenvalue weighted by atomic mass is 10.0. The van der Waals surface area contributed by atoms with Gasteiger partial charge in [-0.15, -0.1) is 0 Å². The Kier molecular flexibility index (Phi) is 17.5. The summed E-state index contributed by atoms with van der Waals surface area (Å²) in [6.07, 6.45) is 20.5. The average Bonchev–Trinajstić information content (AvgIpc) is 2.82. The molecule has 1 rings (SSSR count). The molecule has 0 bridgehead atoms. The van der Waals surface area contributed by atoms with Gasteiger partial charge in [-0.25, -0.2) is 9.59 Å². The van der Waals surface area contributed by atoms with E-state index in [1.54, 1.807) is 24.3 Å². The van der Waals surface area contributed by atoms with Gasteiger partial charge in [0.2, 0.25) is 0 Å². The van der Waals surface area contributed by atoms with Crippen LogP contribution >= 0.6 is 0 Å². The summed E-state index contributed by atoms with van der Waals surface area (Å²) in [6.45, 7) is 5.03.